The van der Waals surface area contributed by atoms with Crippen LogP contribution in [-0.2, 0) is 4.74 Å². The van der Waals surface area contributed by atoms with Crippen molar-refractivity contribution in [1.29, 1.82) is 0 Å². The van der Waals surface area contributed by atoms with E-state index in [0.29, 0.717) is 6.10 Å². The Bertz CT molecular complexity index is 134. The van der Waals surface area contributed by atoms with Crippen LogP contribution in [0.4, 0.5) is 0 Å². The van der Waals surface area contributed by atoms with Crippen LogP contribution in [0.25, 0.3) is 0 Å². The predicted octanol–water partition coefficient (Wildman–Crippen LogP) is 3.10. The van der Waals surface area contributed by atoms with Crippen molar-refractivity contribution in [2.24, 2.45) is 0 Å². The number of ether oxygens (including phenoxy) is 1. The molecule has 0 atom stereocenters. The Hall–Kier alpha value is 0.210. The summed E-state index contributed by atoms with van der Waals surface area (Å²) in [5.74, 6) is 0. The number of hydrogen-bond acceptors (Lipinski definition) is 2. The molecule has 1 saturated carbocycles. The Morgan fingerprint density at radius 2 is 1.67 bits per heavy atom. The van der Waals surface area contributed by atoms with Gasteiger partial charge >= 0.3 is 0 Å². The molecular weight excluding hydrogens is 210 g/mol. The van der Waals surface area contributed by atoms with Gasteiger partial charge in [-0.25, -0.2) is 0 Å². The van der Waals surface area contributed by atoms with E-state index in [1.165, 1.54) is 32.1 Å². The quantitative estimate of drug-likeness (QED) is 0.702. The van der Waals surface area contributed by atoms with Crippen LogP contribution in [0.3, 0.4) is 0 Å². The van der Waals surface area contributed by atoms with E-state index < -0.39 is 0 Å². The van der Waals surface area contributed by atoms with Crippen LogP contribution in [-0.4, -0.2) is 37.2 Å². The predicted molar refractivity (Wildman–Crippen MR) is 67.9 cm³/mol. The molecule has 15 heavy (non-hydrogen) atoms. The lowest BCUT2D eigenvalue weighted by molar-refractivity contribution is 0.0173. The Morgan fingerprint density at radius 1 is 1.07 bits per heavy atom. The molecule has 1 rings (SSSR count). The summed E-state index contributed by atoms with van der Waals surface area (Å²) in [6, 6.07) is 0. The molecule has 1 fully saturated rings. The zero-order valence-corrected chi connectivity index (χ0v) is 11.0. The number of hydrogen-bond donors (Lipinski definition) is 0. The largest absolute Gasteiger partial charge is 0.377 e. The van der Waals surface area contributed by atoms with Crippen LogP contribution in [0.5, 0.6) is 0 Å². The third-order valence-corrected chi connectivity index (χ3v) is 3.21. The topological polar surface area (TPSA) is 12.5 Å². The molecule has 0 spiro atoms. The van der Waals surface area contributed by atoms with Gasteiger partial charge in [-0.2, -0.15) is 0 Å². The third kappa shape index (κ3) is 6.39. The summed E-state index contributed by atoms with van der Waals surface area (Å²) >= 11 is 0. The van der Waals surface area contributed by atoms with Gasteiger partial charge in [0.25, 0.3) is 0 Å². The molecule has 0 amide bonds. The summed E-state index contributed by atoms with van der Waals surface area (Å²) in [5, 5.41) is 0. The molecule has 0 aromatic carbocycles. The Labute approximate surface area is 101 Å². The highest BCUT2D eigenvalue weighted by atomic mass is 35.5. The molecule has 2 nitrogen and oxygen atoms in total. The van der Waals surface area contributed by atoms with Gasteiger partial charge in [-0.1, -0.05) is 33.1 Å². The van der Waals surface area contributed by atoms with Gasteiger partial charge in [-0.15, -0.1) is 12.4 Å². The van der Waals surface area contributed by atoms with Gasteiger partial charge in [0, 0.05) is 6.54 Å². The fourth-order valence-electron chi connectivity index (χ4n) is 2.12. The molecule has 0 aromatic heterocycles. The number of nitrogens with zero attached hydrogens (tertiary/aromatic N) is 1. The minimum Gasteiger partial charge on any atom is -0.377 e. The van der Waals surface area contributed by atoms with E-state index in [-0.39, 0.29) is 12.4 Å². The van der Waals surface area contributed by atoms with Crippen molar-refractivity contribution < 1.29 is 4.74 Å². The molecule has 1 aliphatic rings. The summed E-state index contributed by atoms with van der Waals surface area (Å²) < 4.78 is 5.88. The molecule has 3 heteroatoms. The van der Waals surface area contributed by atoms with Crippen LogP contribution in [0.1, 0.15) is 46.0 Å². The van der Waals surface area contributed by atoms with Crippen LogP contribution in [0.15, 0.2) is 0 Å². The van der Waals surface area contributed by atoms with E-state index in [1.54, 1.807) is 0 Å². The van der Waals surface area contributed by atoms with Crippen LogP contribution in [0, 0.1) is 0 Å². The average molecular weight is 236 g/mol. The first-order valence-electron chi connectivity index (χ1n) is 6.20. The van der Waals surface area contributed by atoms with Gasteiger partial charge in [0.1, 0.15) is 0 Å². The van der Waals surface area contributed by atoms with Crippen molar-refractivity contribution in [1.82, 2.24) is 4.90 Å². The first-order valence-corrected chi connectivity index (χ1v) is 6.20. The molecule has 0 N–H and O–H groups in total. The van der Waals surface area contributed by atoms with Crippen LogP contribution >= 0.6 is 12.4 Å². The van der Waals surface area contributed by atoms with Gasteiger partial charge in [0.15, 0.2) is 0 Å². The molecule has 1 aliphatic carbocycles. The zero-order valence-electron chi connectivity index (χ0n) is 10.2. The summed E-state index contributed by atoms with van der Waals surface area (Å²) in [4.78, 5) is 2.42. The Balaban J connectivity index is 0.00000196. The highest BCUT2D eigenvalue weighted by Crippen LogP contribution is 2.19. The van der Waals surface area contributed by atoms with Crippen molar-refractivity contribution in [2.45, 2.75) is 52.1 Å². The Kier molecular flexibility index (Phi) is 9.57. The first-order chi connectivity index (χ1) is 6.86. The zero-order chi connectivity index (χ0) is 10.2. The lowest BCUT2D eigenvalue weighted by Crippen LogP contribution is -2.29. The summed E-state index contributed by atoms with van der Waals surface area (Å²) in [7, 11) is 0. The van der Waals surface area contributed by atoms with Gasteiger partial charge in [0.2, 0.25) is 0 Å². The van der Waals surface area contributed by atoms with E-state index in [1.807, 2.05) is 0 Å². The fourth-order valence-corrected chi connectivity index (χ4v) is 2.12. The molecule has 0 heterocycles. The van der Waals surface area contributed by atoms with E-state index in [4.69, 9.17) is 4.74 Å². The van der Waals surface area contributed by atoms with Crippen molar-refractivity contribution in [2.75, 3.05) is 26.2 Å². The van der Waals surface area contributed by atoms with Gasteiger partial charge < -0.3 is 9.64 Å². The first kappa shape index (κ1) is 15.2. The van der Waals surface area contributed by atoms with Gasteiger partial charge in [-0.3, -0.25) is 0 Å². The van der Waals surface area contributed by atoms with E-state index in [0.717, 1.165) is 26.2 Å². The Morgan fingerprint density at radius 3 is 2.20 bits per heavy atom. The van der Waals surface area contributed by atoms with Gasteiger partial charge in [-0.05, 0) is 25.9 Å². The minimum atomic E-state index is 0. The third-order valence-electron chi connectivity index (χ3n) is 3.21. The smallest absolute Gasteiger partial charge is 0.0597 e. The van der Waals surface area contributed by atoms with Crippen LogP contribution in [0.2, 0.25) is 0 Å². The molecule has 0 unspecified atom stereocenters. The molecular formula is C12H26ClNO. The molecule has 92 valence electrons. The molecule has 0 bridgehead atoms. The monoisotopic (exact) mass is 235 g/mol. The van der Waals surface area contributed by atoms with E-state index in [9.17, 15) is 0 Å². The minimum absolute atomic E-state index is 0. The highest BCUT2D eigenvalue weighted by molar-refractivity contribution is 5.85. The highest BCUT2D eigenvalue weighted by Gasteiger charge is 2.13. The lowest BCUT2D eigenvalue weighted by atomic mass is 9.98. The maximum atomic E-state index is 5.88. The van der Waals surface area contributed by atoms with Crippen molar-refractivity contribution in [3.8, 4) is 0 Å². The van der Waals surface area contributed by atoms with Crippen LogP contribution < -0.4 is 0 Å². The number of halogens is 1. The fraction of sp³-hybridized carbons (Fsp3) is 1.00. The second kappa shape index (κ2) is 9.44. The number of rotatable bonds is 6. The maximum absolute atomic E-state index is 5.88. The second-order valence-electron chi connectivity index (χ2n) is 4.16. The second-order valence-corrected chi connectivity index (χ2v) is 4.16. The van der Waals surface area contributed by atoms with E-state index in [2.05, 4.69) is 18.7 Å². The standard InChI is InChI=1S/C12H25NO.ClH/c1-3-13(4-2)10-11-14-12-8-6-5-7-9-12;/h12H,3-11H2,1-2H3;1H. The summed E-state index contributed by atoms with van der Waals surface area (Å²) in [5.41, 5.74) is 0. The molecule has 0 saturated heterocycles. The maximum Gasteiger partial charge on any atom is 0.0597 e. The summed E-state index contributed by atoms with van der Waals surface area (Å²) in [6.45, 7) is 8.74. The molecule has 0 aliphatic heterocycles. The average Bonchev–Trinajstić information content (AvgIpc) is 2.26. The lowest BCUT2D eigenvalue weighted by Gasteiger charge is -2.24. The molecule has 0 aromatic rings. The van der Waals surface area contributed by atoms with Gasteiger partial charge in [0.05, 0.1) is 12.7 Å². The SMILES string of the molecule is CCN(CC)CCOC1CCCCC1.Cl. The normalized spacial score (nSPS) is 17.8. The van der Waals surface area contributed by atoms with E-state index >= 15 is 0 Å². The van der Waals surface area contributed by atoms with Crippen molar-refractivity contribution >= 4 is 12.4 Å². The molecule has 0 radical (unpaired) electrons. The van der Waals surface area contributed by atoms with Crippen molar-refractivity contribution in [3.05, 3.63) is 0 Å². The summed E-state index contributed by atoms with van der Waals surface area (Å²) in [6.07, 6.45) is 7.30. The number of likely N-dealkylation sites (N-methyl/N-ethyl adjacent to an activating group) is 1. The van der Waals surface area contributed by atoms with Crippen molar-refractivity contribution in [3.63, 3.8) is 0 Å².